The maximum absolute atomic E-state index is 10.1. The Morgan fingerprint density at radius 2 is 2.00 bits per heavy atom. The van der Waals surface area contributed by atoms with Gasteiger partial charge in [0, 0.05) is 5.75 Å². The lowest BCUT2D eigenvalue weighted by Crippen LogP contribution is -2.53. The van der Waals surface area contributed by atoms with E-state index >= 15 is 0 Å². The first-order valence-electron chi connectivity index (χ1n) is 3.78. The van der Waals surface area contributed by atoms with Gasteiger partial charge in [-0.05, 0) is 10.8 Å². The van der Waals surface area contributed by atoms with Crippen LogP contribution in [0.3, 0.4) is 0 Å². The van der Waals surface area contributed by atoms with E-state index in [2.05, 4.69) is 12.6 Å². The Morgan fingerprint density at radius 3 is 2.07 bits per heavy atom. The van der Waals surface area contributed by atoms with Crippen LogP contribution in [0.1, 0.15) is 0 Å². The fourth-order valence-corrected chi connectivity index (χ4v) is 1.10. The summed E-state index contributed by atoms with van der Waals surface area (Å²) >= 11 is 5.37. The predicted octanol–water partition coefficient (Wildman–Crippen LogP) is 0.439. The molecule has 1 heterocycles. The lowest BCUT2D eigenvalue weighted by Gasteiger charge is -2.18. The van der Waals surface area contributed by atoms with Crippen LogP contribution in [0.4, 0.5) is 0 Å². The van der Waals surface area contributed by atoms with Crippen LogP contribution in [-0.4, -0.2) is 34.1 Å². The third kappa shape index (κ3) is 4.61. The van der Waals surface area contributed by atoms with Crippen molar-refractivity contribution < 1.29 is 15.0 Å². The van der Waals surface area contributed by atoms with Crippen LogP contribution in [0, 0.1) is 0 Å². The van der Waals surface area contributed by atoms with Crippen LogP contribution < -0.4 is 5.73 Å². The second kappa shape index (κ2) is 6.83. The maximum Gasteiger partial charge on any atom is 0.326 e. The molecule has 0 bridgehead atoms. The van der Waals surface area contributed by atoms with Gasteiger partial charge in [-0.3, -0.25) is 4.79 Å². The van der Waals surface area contributed by atoms with E-state index < -0.39 is 18.1 Å². The summed E-state index contributed by atoms with van der Waals surface area (Å²) in [4.78, 5) is 10.1. The molecule has 14 heavy (non-hydrogen) atoms. The van der Waals surface area contributed by atoms with Crippen LogP contribution in [0.2, 0.25) is 0 Å². The molecule has 1 unspecified atom stereocenters. The number of nitrogens with two attached hydrogens (primary N) is 1. The number of hydrogen-bond acceptors (Lipinski definition) is 5. The van der Waals surface area contributed by atoms with E-state index in [9.17, 15) is 4.79 Å². The minimum atomic E-state index is -1.58. The van der Waals surface area contributed by atoms with E-state index in [0.717, 1.165) is 0 Å². The molecule has 0 spiro atoms. The second-order valence-electron chi connectivity index (χ2n) is 2.57. The van der Waals surface area contributed by atoms with Crippen molar-refractivity contribution in [3.05, 3.63) is 22.9 Å². The van der Waals surface area contributed by atoms with E-state index in [1.165, 1.54) is 0 Å². The minimum Gasteiger partial charge on any atom is -0.480 e. The molecule has 1 rings (SSSR count). The summed E-state index contributed by atoms with van der Waals surface area (Å²) in [6.07, 6.45) is 0. The van der Waals surface area contributed by atoms with Crippen molar-refractivity contribution in [3.8, 4) is 0 Å². The first-order chi connectivity index (χ1) is 6.56. The van der Waals surface area contributed by atoms with E-state index in [1.807, 2.05) is 22.9 Å². The van der Waals surface area contributed by atoms with Crippen molar-refractivity contribution in [1.82, 2.24) is 0 Å². The SMILES string of the molecule is NC(CO)(CS)C(=O)O.c1ccsc1. The normalized spacial score (nSPS) is 13.6. The van der Waals surface area contributed by atoms with Crippen molar-refractivity contribution in [1.29, 1.82) is 0 Å². The zero-order valence-corrected chi connectivity index (χ0v) is 9.17. The number of thiol groups is 1. The summed E-state index contributed by atoms with van der Waals surface area (Å²) in [5, 5.41) is 20.8. The number of aliphatic carboxylic acids is 1. The van der Waals surface area contributed by atoms with Crippen LogP contribution in [0.15, 0.2) is 22.9 Å². The van der Waals surface area contributed by atoms with Gasteiger partial charge in [-0.1, -0.05) is 12.1 Å². The monoisotopic (exact) mass is 235 g/mol. The van der Waals surface area contributed by atoms with E-state index in [0.29, 0.717) is 0 Å². The molecule has 0 aromatic carbocycles. The Labute approximate surface area is 91.8 Å². The first-order valence-corrected chi connectivity index (χ1v) is 5.35. The first kappa shape index (κ1) is 13.4. The standard InChI is InChI=1S/C4H9NO3S.C4H4S/c5-4(1-6,2-9)3(7)8;1-2-4-5-3-1/h6,9H,1-2,5H2,(H,7,8);1-4H. The molecule has 1 aromatic rings. The van der Waals surface area contributed by atoms with Crippen LogP contribution in [0.5, 0.6) is 0 Å². The van der Waals surface area contributed by atoms with Crippen LogP contribution in [0.25, 0.3) is 0 Å². The number of aliphatic hydroxyl groups excluding tert-OH is 1. The molecular formula is C8H13NO3S2. The topological polar surface area (TPSA) is 83.5 Å². The Bertz CT molecular complexity index is 230. The summed E-state index contributed by atoms with van der Waals surface area (Å²) in [6.45, 7) is -0.591. The average molecular weight is 235 g/mol. The highest BCUT2D eigenvalue weighted by molar-refractivity contribution is 7.80. The molecule has 1 atom stereocenters. The third-order valence-electron chi connectivity index (χ3n) is 1.42. The Morgan fingerprint density at radius 1 is 1.50 bits per heavy atom. The number of carboxylic acid groups (broad SMARTS) is 1. The lowest BCUT2D eigenvalue weighted by molar-refractivity contribution is -0.143. The van der Waals surface area contributed by atoms with Gasteiger partial charge >= 0.3 is 5.97 Å². The highest BCUT2D eigenvalue weighted by Gasteiger charge is 2.31. The van der Waals surface area contributed by atoms with Gasteiger partial charge in [0.2, 0.25) is 0 Å². The number of hydrogen-bond donors (Lipinski definition) is 4. The highest BCUT2D eigenvalue weighted by Crippen LogP contribution is 2.00. The molecular weight excluding hydrogens is 222 g/mol. The Balaban J connectivity index is 0.000000280. The van der Waals surface area contributed by atoms with Gasteiger partial charge in [-0.2, -0.15) is 24.0 Å². The number of thiophene rings is 1. The van der Waals surface area contributed by atoms with Crippen LogP contribution in [-0.2, 0) is 4.79 Å². The molecule has 0 fully saturated rings. The summed E-state index contributed by atoms with van der Waals surface area (Å²) in [5.41, 5.74) is 3.53. The van der Waals surface area contributed by atoms with Crippen molar-refractivity contribution in [2.45, 2.75) is 5.54 Å². The van der Waals surface area contributed by atoms with Crippen molar-refractivity contribution in [2.24, 2.45) is 5.73 Å². The molecule has 0 radical (unpaired) electrons. The fraction of sp³-hybridized carbons (Fsp3) is 0.375. The van der Waals surface area contributed by atoms with Gasteiger partial charge in [0.15, 0.2) is 0 Å². The number of carboxylic acids is 1. The molecule has 0 aliphatic carbocycles. The predicted molar refractivity (Wildman–Crippen MR) is 59.8 cm³/mol. The number of rotatable bonds is 3. The molecule has 0 amide bonds. The summed E-state index contributed by atoms with van der Waals surface area (Å²) in [6, 6.07) is 4.04. The van der Waals surface area contributed by atoms with Crippen molar-refractivity contribution >= 4 is 29.9 Å². The molecule has 80 valence electrons. The van der Waals surface area contributed by atoms with Gasteiger partial charge in [0.05, 0.1) is 6.61 Å². The van der Waals surface area contributed by atoms with Gasteiger partial charge in [-0.25, -0.2) is 0 Å². The van der Waals surface area contributed by atoms with Gasteiger partial charge in [0.1, 0.15) is 5.54 Å². The van der Waals surface area contributed by atoms with Gasteiger partial charge in [0.25, 0.3) is 0 Å². The Hall–Kier alpha value is -0.560. The van der Waals surface area contributed by atoms with E-state index in [4.69, 9.17) is 15.9 Å². The quantitative estimate of drug-likeness (QED) is 0.573. The molecule has 0 aliphatic heterocycles. The molecule has 4 N–H and O–H groups in total. The zero-order chi connectivity index (χ0) is 11.0. The summed E-state index contributed by atoms with van der Waals surface area (Å²) < 4.78 is 0. The number of carbonyl (C=O) groups is 1. The second-order valence-corrected chi connectivity index (χ2v) is 3.70. The smallest absolute Gasteiger partial charge is 0.326 e. The molecule has 1 aromatic heterocycles. The molecule has 0 saturated heterocycles. The molecule has 6 heteroatoms. The Kier molecular flexibility index (Phi) is 6.56. The van der Waals surface area contributed by atoms with Crippen molar-refractivity contribution in [3.63, 3.8) is 0 Å². The maximum atomic E-state index is 10.1. The minimum absolute atomic E-state index is 0.0706. The van der Waals surface area contributed by atoms with Gasteiger partial charge in [-0.15, -0.1) is 0 Å². The zero-order valence-electron chi connectivity index (χ0n) is 7.46. The fourth-order valence-electron chi connectivity index (χ4n) is 0.412. The summed E-state index contributed by atoms with van der Waals surface area (Å²) in [7, 11) is 0. The van der Waals surface area contributed by atoms with E-state index in [1.54, 1.807) is 11.3 Å². The van der Waals surface area contributed by atoms with Crippen molar-refractivity contribution in [2.75, 3.05) is 12.4 Å². The molecule has 0 saturated carbocycles. The number of aliphatic hydroxyl groups is 1. The van der Waals surface area contributed by atoms with Gasteiger partial charge < -0.3 is 15.9 Å². The highest BCUT2D eigenvalue weighted by atomic mass is 32.1. The van der Waals surface area contributed by atoms with Crippen LogP contribution >= 0.6 is 24.0 Å². The molecule has 4 nitrogen and oxygen atoms in total. The summed E-state index contributed by atoms with van der Waals surface area (Å²) in [5.74, 6) is -1.31. The lowest BCUT2D eigenvalue weighted by atomic mass is 10.1. The third-order valence-corrected chi connectivity index (χ3v) is 2.61. The largest absolute Gasteiger partial charge is 0.480 e. The molecule has 0 aliphatic rings. The van der Waals surface area contributed by atoms with E-state index in [-0.39, 0.29) is 5.75 Å². The average Bonchev–Trinajstić information content (AvgIpc) is 2.74.